The predicted molar refractivity (Wildman–Crippen MR) is 76.2 cm³/mol. The Morgan fingerprint density at radius 3 is 2.40 bits per heavy atom. The molecule has 5 saturated carbocycles. The molecular weight excluding hydrogens is 248 g/mol. The van der Waals surface area contributed by atoms with Crippen molar-refractivity contribution in [2.45, 2.75) is 63.5 Å². The Hall–Kier alpha value is -0.830. The van der Waals surface area contributed by atoms with Crippen LogP contribution in [0.5, 0.6) is 0 Å². The largest absolute Gasteiger partial charge is 0.448 e. The maximum Gasteiger partial charge on any atom is 0.181 e. The summed E-state index contributed by atoms with van der Waals surface area (Å²) in [6.07, 6.45) is 11.7. The second-order valence-electron chi connectivity index (χ2n) is 7.77. The molecule has 0 aliphatic heterocycles. The third kappa shape index (κ3) is 1.86. The number of aromatic nitrogens is 1. The van der Waals surface area contributed by atoms with Crippen LogP contribution in [0.3, 0.4) is 0 Å². The van der Waals surface area contributed by atoms with Gasteiger partial charge >= 0.3 is 0 Å². The van der Waals surface area contributed by atoms with Crippen LogP contribution in [0.1, 0.15) is 62.3 Å². The van der Waals surface area contributed by atoms with E-state index in [9.17, 15) is 0 Å². The van der Waals surface area contributed by atoms with Crippen molar-refractivity contribution in [3.8, 4) is 0 Å². The van der Waals surface area contributed by atoms with Crippen molar-refractivity contribution >= 4 is 0 Å². The van der Waals surface area contributed by atoms with Gasteiger partial charge in [-0.25, -0.2) is 4.98 Å². The van der Waals surface area contributed by atoms with Gasteiger partial charge in [-0.1, -0.05) is 0 Å². The highest BCUT2D eigenvalue weighted by atomic mass is 16.3. The van der Waals surface area contributed by atoms with Gasteiger partial charge < -0.3 is 9.73 Å². The molecule has 6 rings (SSSR count). The van der Waals surface area contributed by atoms with Crippen molar-refractivity contribution in [1.29, 1.82) is 0 Å². The molecule has 4 bridgehead atoms. The van der Waals surface area contributed by atoms with Crippen LogP contribution in [0.25, 0.3) is 0 Å². The monoisotopic (exact) mass is 272 g/mol. The number of hydrogen-bond donors (Lipinski definition) is 1. The van der Waals surface area contributed by atoms with Crippen molar-refractivity contribution < 1.29 is 4.42 Å². The van der Waals surface area contributed by atoms with Gasteiger partial charge in [0.1, 0.15) is 5.76 Å². The maximum atomic E-state index is 5.89. The van der Waals surface area contributed by atoms with Crippen molar-refractivity contribution in [3.63, 3.8) is 0 Å². The standard InChI is InChI=1S/C17H24N2O/c1-2-14(1)18-8-15-17(20-9-19-15)16-12-4-10-3-11(6-12)7-13(16)5-10/h9-14,16,18H,1-8H2. The minimum absolute atomic E-state index is 0.682. The lowest BCUT2D eigenvalue weighted by Crippen LogP contribution is -2.44. The molecule has 3 heteroatoms. The van der Waals surface area contributed by atoms with Gasteiger partial charge in [-0.3, -0.25) is 0 Å². The second kappa shape index (κ2) is 4.33. The molecule has 108 valence electrons. The zero-order chi connectivity index (χ0) is 13.1. The normalized spacial score (nSPS) is 42.3. The molecule has 0 aromatic carbocycles. The molecule has 5 fully saturated rings. The number of rotatable bonds is 4. The predicted octanol–water partition coefficient (Wildman–Crippen LogP) is 3.47. The topological polar surface area (TPSA) is 38.1 Å². The van der Waals surface area contributed by atoms with Crippen LogP contribution >= 0.6 is 0 Å². The molecule has 20 heavy (non-hydrogen) atoms. The molecule has 0 spiro atoms. The fourth-order valence-electron chi connectivity index (χ4n) is 5.56. The molecular formula is C17H24N2O. The lowest BCUT2D eigenvalue weighted by atomic mass is 9.51. The van der Waals surface area contributed by atoms with E-state index in [1.54, 1.807) is 6.39 Å². The van der Waals surface area contributed by atoms with Gasteiger partial charge in [0.15, 0.2) is 6.39 Å². The molecule has 1 aromatic heterocycles. The lowest BCUT2D eigenvalue weighted by Gasteiger charge is -2.53. The minimum Gasteiger partial charge on any atom is -0.448 e. The second-order valence-corrected chi connectivity index (χ2v) is 7.77. The van der Waals surface area contributed by atoms with E-state index in [0.29, 0.717) is 5.92 Å². The van der Waals surface area contributed by atoms with Crippen LogP contribution in [-0.2, 0) is 6.54 Å². The zero-order valence-electron chi connectivity index (χ0n) is 12.1. The van der Waals surface area contributed by atoms with Crippen LogP contribution < -0.4 is 5.32 Å². The molecule has 0 atom stereocenters. The van der Waals surface area contributed by atoms with E-state index >= 15 is 0 Å². The van der Waals surface area contributed by atoms with E-state index in [4.69, 9.17) is 4.42 Å². The van der Waals surface area contributed by atoms with E-state index in [2.05, 4.69) is 10.3 Å². The number of nitrogens with one attached hydrogen (secondary N) is 1. The maximum absolute atomic E-state index is 5.89. The van der Waals surface area contributed by atoms with Gasteiger partial charge in [0.05, 0.1) is 5.69 Å². The summed E-state index contributed by atoms with van der Waals surface area (Å²) in [5, 5.41) is 3.60. The van der Waals surface area contributed by atoms with E-state index in [0.717, 1.165) is 36.3 Å². The molecule has 3 nitrogen and oxygen atoms in total. The van der Waals surface area contributed by atoms with Crippen molar-refractivity contribution in [2.75, 3.05) is 0 Å². The van der Waals surface area contributed by atoms with Gasteiger partial charge in [0.2, 0.25) is 0 Å². The first-order valence-electron chi connectivity index (χ1n) is 8.52. The first kappa shape index (κ1) is 11.8. The summed E-state index contributed by atoms with van der Waals surface area (Å²) in [6.45, 7) is 0.916. The van der Waals surface area contributed by atoms with Crippen LogP contribution in [0, 0.1) is 23.7 Å². The summed E-state index contributed by atoms with van der Waals surface area (Å²) in [4.78, 5) is 4.52. The van der Waals surface area contributed by atoms with Crippen LogP contribution in [0.2, 0.25) is 0 Å². The van der Waals surface area contributed by atoms with Crippen LogP contribution in [0.4, 0.5) is 0 Å². The SMILES string of the molecule is c1nc(CNC2CC2)c(C2C3CC4CC(C3)CC2C4)o1. The highest BCUT2D eigenvalue weighted by Gasteiger charge is 2.50. The molecule has 0 unspecified atom stereocenters. The summed E-state index contributed by atoms with van der Waals surface area (Å²) in [5.74, 6) is 5.76. The summed E-state index contributed by atoms with van der Waals surface area (Å²) >= 11 is 0. The quantitative estimate of drug-likeness (QED) is 0.912. The Labute approximate surface area is 120 Å². The molecule has 1 heterocycles. The van der Waals surface area contributed by atoms with Crippen molar-refractivity contribution in [1.82, 2.24) is 10.3 Å². The van der Waals surface area contributed by atoms with Crippen LogP contribution in [-0.4, -0.2) is 11.0 Å². The summed E-state index contributed by atoms with van der Waals surface area (Å²) in [7, 11) is 0. The minimum atomic E-state index is 0.682. The first-order chi connectivity index (χ1) is 9.87. The van der Waals surface area contributed by atoms with Gasteiger partial charge in [-0.2, -0.15) is 0 Å². The highest BCUT2D eigenvalue weighted by molar-refractivity contribution is 5.19. The zero-order valence-corrected chi connectivity index (χ0v) is 12.1. The fourth-order valence-corrected chi connectivity index (χ4v) is 5.56. The molecule has 1 aromatic rings. The van der Waals surface area contributed by atoms with E-state index in [1.807, 2.05) is 0 Å². The number of hydrogen-bond acceptors (Lipinski definition) is 3. The highest BCUT2D eigenvalue weighted by Crippen LogP contribution is 2.60. The van der Waals surface area contributed by atoms with Gasteiger partial charge in [0.25, 0.3) is 0 Å². The Bertz CT molecular complexity index is 477. The molecule has 0 saturated heterocycles. The third-order valence-electron chi connectivity index (χ3n) is 6.34. The first-order valence-corrected chi connectivity index (χ1v) is 8.52. The van der Waals surface area contributed by atoms with E-state index in [1.165, 1.54) is 56.4 Å². The van der Waals surface area contributed by atoms with Crippen molar-refractivity contribution in [2.24, 2.45) is 23.7 Å². The summed E-state index contributed by atoms with van der Waals surface area (Å²) in [5.41, 5.74) is 1.20. The molecule has 5 aliphatic rings. The average Bonchev–Trinajstić information content (AvgIpc) is 3.14. The van der Waals surface area contributed by atoms with Gasteiger partial charge in [-0.05, 0) is 68.6 Å². The number of nitrogens with zero attached hydrogens (tertiary/aromatic N) is 1. The molecule has 1 N–H and O–H groups in total. The number of oxazole rings is 1. The van der Waals surface area contributed by atoms with Gasteiger partial charge in [0, 0.05) is 18.5 Å². The Kier molecular flexibility index (Phi) is 2.55. The Morgan fingerprint density at radius 2 is 1.75 bits per heavy atom. The average molecular weight is 272 g/mol. The Balaban J connectivity index is 1.40. The van der Waals surface area contributed by atoms with Crippen molar-refractivity contribution in [3.05, 3.63) is 17.8 Å². The van der Waals surface area contributed by atoms with E-state index in [-0.39, 0.29) is 0 Å². The van der Waals surface area contributed by atoms with Gasteiger partial charge in [-0.15, -0.1) is 0 Å². The molecule has 0 amide bonds. The van der Waals surface area contributed by atoms with Crippen LogP contribution in [0.15, 0.2) is 10.8 Å². The fraction of sp³-hybridized carbons (Fsp3) is 0.824. The molecule has 0 radical (unpaired) electrons. The summed E-state index contributed by atoms with van der Waals surface area (Å²) in [6, 6.07) is 0.748. The Morgan fingerprint density at radius 1 is 1.05 bits per heavy atom. The van der Waals surface area contributed by atoms with E-state index < -0.39 is 0 Å². The smallest absolute Gasteiger partial charge is 0.181 e. The summed E-state index contributed by atoms with van der Waals surface area (Å²) < 4.78 is 5.89. The third-order valence-corrected chi connectivity index (χ3v) is 6.34. The molecule has 5 aliphatic carbocycles. The lowest BCUT2D eigenvalue weighted by molar-refractivity contribution is -0.0100.